The van der Waals surface area contributed by atoms with E-state index in [4.69, 9.17) is 40.6 Å². The van der Waals surface area contributed by atoms with E-state index in [0.29, 0.717) is 66.6 Å². The maximum Gasteiger partial charge on any atom is 2.00 e. The molecule has 4 aromatic carbocycles. The standard InChI is InChI=1S/C32H16N8O6S2.2C6H15NO3.Cu/c41-47(42,43)15-12-13-20-22(14-15)31-37-27-18-8-3-4-9-19(18)28(34-27)39-32-24-21(10-5-11-23(24)48(44,45)46)30(40-32)36-26-17-7-2-1-6-16(17)25(33-26)35-29(20)38-31;2*8-4-1-7(2-5-9)3-6-10;/h1-14H,(H2-2,33,34,35,36,37,38,39,40,41,42,43,44,45,46);2*8-10H,1-6H2;/q-2;;;+2. The third-order valence-electron chi connectivity index (χ3n) is 10.5. The molecule has 3 aromatic heterocycles. The molecule has 7 aromatic rings. The van der Waals surface area contributed by atoms with Gasteiger partial charge in [0.15, 0.2) is 11.6 Å². The van der Waals surface area contributed by atoms with Gasteiger partial charge in [-0.15, -0.1) is 0 Å². The van der Waals surface area contributed by atoms with Crippen molar-refractivity contribution in [3.05, 3.63) is 84.9 Å². The zero-order valence-electron chi connectivity index (χ0n) is 38.3. The number of rotatable bonds is 14. The van der Waals surface area contributed by atoms with Crippen molar-refractivity contribution in [3.63, 3.8) is 0 Å². The molecule has 0 spiro atoms. The van der Waals surface area contributed by atoms with E-state index >= 15 is 0 Å². The van der Waals surface area contributed by atoms with Crippen LogP contribution in [0.25, 0.3) is 89.7 Å². The van der Waals surface area contributed by atoms with Crippen molar-refractivity contribution < 1.29 is 76.5 Å². The fourth-order valence-corrected chi connectivity index (χ4v) is 8.63. The van der Waals surface area contributed by atoms with Gasteiger partial charge in [-0.05, 0) is 39.7 Å². The van der Waals surface area contributed by atoms with Gasteiger partial charge in [0.1, 0.15) is 20.2 Å². The number of fused-ring (bicyclic) bond motifs is 20. The average Bonchev–Trinajstić information content (AvgIpc) is 4.05. The van der Waals surface area contributed by atoms with Crippen molar-refractivity contribution in [3.8, 4) is 45.6 Å². The van der Waals surface area contributed by atoms with Crippen LogP contribution in [0.5, 0.6) is 0 Å². The molecule has 367 valence electrons. The summed E-state index contributed by atoms with van der Waals surface area (Å²) in [4.78, 5) is 39.9. The zero-order valence-corrected chi connectivity index (χ0v) is 38.9. The van der Waals surface area contributed by atoms with E-state index in [-0.39, 0.29) is 122 Å². The number of nitrogens with zero attached hydrogens (tertiary/aromatic N) is 10. The van der Waals surface area contributed by atoms with Crippen LogP contribution >= 0.6 is 0 Å². The van der Waals surface area contributed by atoms with Gasteiger partial charge in [0.25, 0.3) is 0 Å². The van der Waals surface area contributed by atoms with Crippen LogP contribution in [-0.2, 0) is 37.3 Å². The number of hydrogen-bond donors (Lipinski definition) is 6. The van der Waals surface area contributed by atoms with Crippen molar-refractivity contribution in [2.75, 3.05) is 78.9 Å². The normalized spacial score (nSPS) is 12.0. The molecule has 0 unspecified atom stereocenters. The van der Waals surface area contributed by atoms with Crippen LogP contribution in [0.15, 0.2) is 94.7 Å². The molecular weight excluding hydrogens is 988 g/mol. The molecule has 69 heavy (non-hydrogen) atoms. The Morgan fingerprint density at radius 2 is 0.841 bits per heavy atom. The number of aliphatic hydroxyl groups is 6. The Labute approximate surface area is 408 Å². The van der Waals surface area contributed by atoms with Gasteiger partial charge in [-0.2, -0.15) is 0 Å². The van der Waals surface area contributed by atoms with Crippen molar-refractivity contribution in [2.24, 2.45) is 0 Å². The van der Waals surface area contributed by atoms with E-state index in [1.165, 1.54) is 30.3 Å². The molecule has 0 fully saturated rings. The minimum Gasteiger partial charge on any atom is -0.744 e. The van der Waals surface area contributed by atoms with Gasteiger partial charge in [-0.25, -0.2) is 31.8 Å². The van der Waals surface area contributed by atoms with Crippen LogP contribution in [0.3, 0.4) is 0 Å². The predicted octanol–water partition coefficient (Wildman–Crippen LogP) is 0.689. The van der Waals surface area contributed by atoms with Gasteiger partial charge < -0.3 is 64.7 Å². The monoisotopic (exact) mass is 1030 g/mol. The third-order valence-corrected chi connectivity index (χ3v) is 12.2. The average molecular weight is 1030 g/mol. The largest absolute Gasteiger partial charge is 2.00 e. The first-order valence-electron chi connectivity index (χ1n) is 20.9. The van der Waals surface area contributed by atoms with E-state index in [1.807, 2.05) is 0 Å². The van der Waals surface area contributed by atoms with Crippen LogP contribution in [-0.4, -0.2) is 175 Å². The summed E-state index contributed by atoms with van der Waals surface area (Å²) in [5.74, 6) is 0.228. The molecule has 0 atom stereocenters. The third kappa shape index (κ3) is 12.0. The molecule has 25 heteroatoms. The second kappa shape index (κ2) is 23.2. The summed E-state index contributed by atoms with van der Waals surface area (Å²) >= 11 is 0. The molecule has 2 aliphatic heterocycles. The number of benzene rings is 4. The maximum absolute atomic E-state index is 12.4. The van der Waals surface area contributed by atoms with Crippen molar-refractivity contribution in [1.29, 1.82) is 0 Å². The first kappa shape index (κ1) is 52.6. The Balaban J connectivity index is 0.000000404. The molecule has 2 aliphatic rings. The van der Waals surface area contributed by atoms with Gasteiger partial charge in [-0.3, -0.25) is 9.80 Å². The number of aromatic nitrogens is 8. The Morgan fingerprint density at radius 1 is 0.449 bits per heavy atom. The Morgan fingerprint density at radius 3 is 1.30 bits per heavy atom. The number of aliphatic hydroxyl groups excluding tert-OH is 6. The summed E-state index contributed by atoms with van der Waals surface area (Å²) in [5.41, 5.74) is 1.92. The Kier molecular flexibility index (Phi) is 17.7. The summed E-state index contributed by atoms with van der Waals surface area (Å²) in [5, 5.41) is 52.8. The first-order chi connectivity index (χ1) is 32.7. The van der Waals surface area contributed by atoms with Gasteiger partial charge in [-0.1, -0.05) is 66.7 Å². The maximum atomic E-state index is 12.4. The fourth-order valence-electron chi connectivity index (χ4n) is 7.44. The molecule has 5 heterocycles. The molecule has 6 N–H and O–H groups in total. The minimum absolute atomic E-state index is 0. The van der Waals surface area contributed by atoms with Crippen molar-refractivity contribution >= 4 is 64.4 Å². The predicted molar refractivity (Wildman–Crippen MR) is 248 cm³/mol. The molecule has 22 nitrogen and oxygen atoms in total. The van der Waals surface area contributed by atoms with E-state index in [2.05, 4.69) is 29.9 Å². The second-order valence-corrected chi connectivity index (χ2v) is 17.6. The van der Waals surface area contributed by atoms with Gasteiger partial charge in [0.2, 0.25) is 0 Å². The quantitative estimate of drug-likeness (QED) is 0.0644. The van der Waals surface area contributed by atoms with Crippen LogP contribution in [0, 0.1) is 0 Å². The molecule has 0 saturated heterocycles. The summed E-state index contributed by atoms with van der Waals surface area (Å²) in [6.07, 6.45) is 0. The fraction of sp³-hybridized carbons (Fsp3) is 0.273. The van der Waals surface area contributed by atoms with Gasteiger partial charge in [0.05, 0.1) is 61.1 Å². The molecule has 9 rings (SSSR count). The van der Waals surface area contributed by atoms with E-state index in [0.717, 1.165) is 0 Å². The zero-order chi connectivity index (χ0) is 48.6. The minimum atomic E-state index is -4.97. The van der Waals surface area contributed by atoms with Crippen LogP contribution in [0.4, 0.5) is 0 Å². The summed E-state index contributed by atoms with van der Waals surface area (Å²) in [6.45, 7) is 3.51. The smallest absolute Gasteiger partial charge is 0.744 e. The van der Waals surface area contributed by atoms with E-state index in [1.54, 1.807) is 64.4 Å². The van der Waals surface area contributed by atoms with Gasteiger partial charge in [0, 0.05) is 84.1 Å². The SMILES string of the molecule is O=S(=O)([O-])c1ccc2c3nc4[n-]c(nc5nc(nc6nc(nc([n-]3)c2c1)-c1ccccc1-6)-c1c-5cccc1S(=O)(=O)[O-])c1ccccc41.OCCN(CCO)CCO.OCCN(CCO)CCO.[Cu+2].[H+].[H+]. The number of hydrogen-bond acceptors (Lipinski definition) is 20. The Hall–Kier alpha value is -5.74. The Bertz CT molecular complexity index is 3310. The van der Waals surface area contributed by atoms with Crippen LogP contribution < -0.4 is 9.97 Å². The molecule has 1 radical (unpaired) electrons. The molecule has 0 aliphatic carbocycles. The van der Waals surface area contributed by atoms with E-state index in [9.17, 15) is 25.9 Å². The molecule has 8 bridgehead atoms. The molecule has 0 amide bonds. The van der Waals surface area contributed by atoms with Gasteiger partial charge >= 0.3 is 19.9 Å². The summed E-state index contributed by atoms with van der Waals surface area (Å²) in [6, 6.07) is 22.1. The second-order valence-electron chi connectivity index (χ2n) is 14.9. The van der Waals surface area contributed by atoms with Crippen molar-refractivity contribution in [2.45, 2.75) is 9.79 Å². The molecule has 0 saturated carbocycles. The van der Waals surface area contributed by atoms with E-state index < -0.39 is 30.0 Å². The topological polar surface area (TPSA) is 348 Å². The van der Waals surface area contributed by atoms with Crippen LogP contribution in [0.2, 0.25) is 0 Å². The summed E-state index contributed by atoms with van der Waals surface area (Å²) in [7, 11) is -9.79. The molecular formula is C44H46CuN10O12S2. The summed E-state index contributed by atoms with van der Waals surface area (Å²) < 4.78 is 73.2. The first-order valence-corrected chi connectivity index (χ1v) is 23.7. The van der Waals surface area contributed by atoms with Crippen LogP contribution in [0.1, 0.15) is 2.85 Å². The van der Waals surface area contributed by atoms with Crippen molar-refractivity contribution in [1.82, 2.24) is 49.7 Å².